The average Bonchev–Trinajstić information content (AvgIpc) is 3.54. The molecule has 1 aliphatic heterocycles. The zero-order valence-electron chi connectivity index (χ0n) is 17.1. The van der Waals surface area contributed by atoms with Crippen LogP contribution in [0.1, 0.15) is 43.5 Å². The molecule has 1 aromatic heterocycles. The molecule has 1 saturated heterocycles. The van der Waals surface area contributed by atoms with Gasteiger partial charge in [-0.05, 0) is 37.8 Å². The fraction of sp³-hybridized carbons (Fsp3) is 0.571. The van der Waals surface area contributed by atoms with Crippen molar-refractivity contribution in [3.8, 4) is 5.75 Å². The summed E-state index contributed by atoms with van der Waals surface area (Å²) in [6.07, 6.45) is 3.65. The van der Waals surface area contributed by atoms with Gasteiger partial charge in [0.05, 0.1) is 13.2 Å². The monoisotopic (exact) mass is 418 g/mol. The first-order chi connectivity index (χ1) is 14.6. The van der Waals surface area contributed by atoms with Gasteiger partial charge >= 0.3 is 5.69 Å². The molecular weight excluding hydrogens is 391 g/mol. The molecule has 1 aliphatic carbocycles. The molecule has 8 nitrogen and oxygen atoms in total. The molecular formula is C21H27FN4O4. The Bertz CT molecular complexity index is 953. The van der Waals surface area contributed by atoms with Gasteiger partial charge in [0.2, 0.25) is 0 Å². The minimum absolute atomic E-state index is 0.00624. The summed E-state index contributed by atoms with van der Waals surface area (Å²) < 4.78 is 27.5. The van der Waals surface area contributed by atoms with Crippen LogP contribution in [0.25, 0.3) is 0 Å². The Morgan fingerprint density at radius 3 is 2.80 bits per heavy atom. The van der Waals surface area contributed by atoms with Crippen LogP contribution in [0.2, 0.25) is 0 Å². The Morgan fingerprint density at radius 1 is 1.27 bits per heavy atom. The van der Waals surface area contributed by atoms with Gasteiger partial charge in [0, 0.05) is 32.2 Å². The van der Waals surface area contributed by atoms with E-state index in [9.17, 15) is 14.0 Å². The van der Waals surface area contributed by atoms with Gasteiger partial charge in [-0.25, -0.2) is 13.9 Å². The number of aromatic nitrogens is 3. The molecule has 0 radical (unpaired) electrons. The van der Waals surface area contributed by atoms with Crippen LogP contribution in [0.4, 0.5) is 4.39 Å². The highest BCUT2D eigenvalue weighted by Gasteiger charge is 2.35. The second-order valence-corrected chi connectivity index (χ2v) is 7.86. The van der Waals surface area contributed by atoms with Crippen LogP contribution < -0.4 is 10.4 Å². The van der Waals surface area contributed by atoms with Gasteiger partial charge in [0.1, 0.15) is 5.82 Å². The van der Waals surface area contributed by atoms with Crippen molar-refractivity contribution in [1.29, 1.82) is 0 Å². The lowest BCUT2D eigenvalue weighted by Gasteiger charge is -2.32. The van der Waals surface area contributed by atoms with Gasteiger partial charge in [0.25, 0.3) is 5.91 Å². The summed E-state index contributed by atoms with van der Waals surface area (Å²) in [7, 11) is 1.60. The summed E-state index contributed by atoms with van der Waals surface area (Å²) in [6.45, 7) is 1.71. The maximum Gasteiger partial charge on any atom is 0.346 e. The van der Waals surface area contributed by atoms with Crippen LogP contribution in [-0.4, -0.2) is 58.6 Å². The van der Waals surface area contributed by atoms with Gasteiger partial charge in [-0.15, -0.1) is 0 Å². The SMILES string of the molecule is COCCn1nc(C2CCCN(C(=O)COc3ccccc3F)C2)n(C2CC2)c1=O. The minimum Gasteiger partial charge on any atom is -0.481 e. The molecule has 162 valence electrons. The maximum atomic E-state index is 13.7. The van der Waals surface area contributed by atoms with E-state index in [1.807, 2.05) is 4.57 Å². The maximum absolute atomic E-state index is 13.7. The molecule has 1 aromatic carbocycles. The van der Waals surface area contributed by atoms with E-state index in [1.54, 1.807) is 24.1 Å². The Hall–Kier alpha value is -2.68. The second-order valence-electron chi connectivity index (χ2n) is 7.86. The number of para-hydroxylation sites is 1. The summed E-state index contributed by atoms with van der Waals surface area (Å²) in [5.74, 6) is 0.136. The van der Waals surface area contributed by atoms with E-state index in [2.05, 4.69) is 5.10 Å². The molecule has 1 saturated carbocycles. The van der Waals surface area contributed by atoms with Gasteiger partial charge in [-0.2, -0.15) is 5.10 Å². The number of likely N-dealkylation sites (tertiary alicyclic amines) is 1. The average molecular weight is 418 g/mol. The van der Waals surface area contributed by atoms with Gasteiger partial charge < -0.3 is 14.4 Å². The zero-order valence-corrected chi connectivity index (χ0v) is 17.1. The van der Waals surface area contributed by atoms with E-state index >= 15 is 0 Å². The first kappa shape index (κ1) is 20.6. The fourth-order valence-electron chi connectivity index (χ4n) is 3.92. The molecule has 0 N–H and O–H groups in total. The molecule has 0 spiro atoms. The first-order valence-corrected chi connectivity index (χ1v) is 10.4. The number of methoxy groups -OCH3 is 1. The van der Waals surface area contributed by atoms with Crippen LogP contribution in [0.15, 0.2) is 29.1 Å². The van der Waals surface area contributed by atoms with Crippen LogP contribution in [0, 0.1) is 5.82 Å². The molecule has 1 unspecified atom stereocenters. The Labute approximate surface area is 174 Å². The minimum atomic E-state index is -0.489. The van der Waals surface area contributed by atoms with E-state index < -0.39 is 5.82 Å². The van der Waals surface area contributed by atoms with Gasteiger partial charge in [-0.1, -0.05) is 12.1 Å². The summed E-state index contributed by atoms with van der Waals surface area (Å²) in [6, 6.07) is 6.25. The Kier molecular flexibility index (Phi) is 6.17. The molecule has 1 atom stereocenters. The third kappa shape index (κ3) is 4.40. The van der Waals surface area contributed by atoms with Crippen molar-refractivity contribution >= 4 is 5.91 Å². The Balaban J connectivity index is 1.45. The van der Waals surface area contributed by atoms with Crippen LogP contribution in [0.5, 0.6) is 5.75 Å². The standard InChI is InChI=1S/C21H27FN4O4/c1-29-12-11-25-21(28)26(16-8-9-16)20(23-25)15-5-4-10-24(13-15)19(27)14-30-18-7-3-2-6-17(18)22/h2-3,6-7,15-16H,4-5,8-14H2,1H3. The predicted octanol–water partition coefficient (Wildman–Crippen LogP) is 1.95. The largest absolute Gasteiger partial charge is 0.481 e. The van der Waals surface area contributed by atoms with Crippen molar-refractivity contribution in [3.63, 3.8) is 0 Å². The number of amides is 1. The number of carbonyl (C=O) groups excluding carboxylic acids is 1. The number of halogens is 1. The van der Waals surface area contributed by atoms with Crippen molar-refractivity contribution in [2.75, 3.05) is 33.4 Å². The summed E-state index contributed by atoms with van der Waals surface area (Å²) in [5, 5.41) is 4.60. The molecule has 30 heavy (non-hydrogen) atoms. The highest BCUT2D eigenvalue weighted by molar-refractivity contribution is 5.78. The number of hydrogen-bond donors (Lipinski definition) is 0. The van der Waals surface area contributed by atoms with Crippen LogP contribution >= 0.6 is 0 Å². The molecule has 1 amide bonds. The highest BCUT2D eigenvalue weighted by atomic mass is 19.1. The fourth-order valence-corrected chi connectivity index (χ4v) is 3.92. The van der Waals surface area contributed by atoms with Crippen molar-refractivity contribution < 1.29 is 18.7 Å². The van der Waals surface area contributed by atoms with Crippen molar-refractivity contribution in [2.45, 2.75) is 44.2 Å². The number of ether oxygens (including phenoxy) is 2. The molecule has 9 heteroatoms. The lowest BCUT2D eigenvalue weighted by atomic mass is 9.97. The van der Waals surface area contributed by atoms with E-state index in [4.69, 9.17) is 9.47 Å². The third-order valence-corrected chi connectivity index (χ3v) is 5.64. The van der Waals surface area contributed by atoms with E-state index in [0.29, 0.717) is 26.2 Å². The molecule has 2 fully saturated rings. The van der Waals surface area contributed by atoms with E-state index in [-0.39, 0.29) is 35.9 Å². The summed E-state index contributed by atoms with van der Waals surface area (Å²) in [4.78, 5) is 27.2. The number of rotatable bonds is 8. The van der Waals surface area contributed by atoms with E-state index in [1.165, 1.54) is 16.8 Å². The lowest BCUT2D eigenvalue weighted by molar-refractivity contribution is -0.134. The predicted molar refractivity (Wildman–Crippen MR) is 107 cm³/mol. The summed E-state index contributed by atoms with van der Waals surface area (Å²) in [5.41, 5.74) is -0.101. The number of piperidine rings is 1. The summed E-state index contributed by atoms with van der Waals surface area (Å²) >= 11 is 0. The van der Waals surface area contributed by atoms with E-state index in [0.717, 1.165) is 31.5 Å². The van der Waals surface area contributed by atoms with Crippen molar-refractivity contribution in [2.24, 2.45) is 0 Å². The third-order valence-electron chi connectivity index (χ3n) is 5.64. The van der Waals surface area contributed by atoms with Crippen LogP contribution in [0.3, 0.4) is 0 Å². The molecule has 4 rings (SSSR count). The Morgan fingerprint density at radius 2 is 2.07 bits per heavy atom. The quantitative estimate of drug-likeness (QED) is 0.655. The second kappa shape index (κ2) is 8.99. The highest BCUT2D eigenvalue weighted by Crippen LogP contribution is 2.37. The number of hydrogen-bond acceptors (Lipinski definition) is 5. The topological polar surface area (TPSA) is 78.6 Å². The van der Waals surface area contributed by atoms with Crippen molar-refractivity contribution in [1.82, 2.24) is 19.2 Å². The molecule has 0 bridgehead atoms. The number of nitrogens with zero attached hydrogens (tertiary/aromatic N) is 4. The molecule has 2 aliphatic rings. The van der Waals surface area contributed by atoms with Crippen LogP contribution in [-0.2, 0) is 16.1 Å². The number of carbonyl (C=O) groups is 1. The molecule has 2 aromatic rings. The number of benzene rings is 1. The molecule has 2 heterocycles. The smallest absolute Gasteiger partial charge is 0.346 e. The van der Waals surface area contributed by atoms with Gasteiger partial charge in [-0.3, -0.25) is 9.36 Å². The zero-order chi connectivity index (χ0) is 21.1. The first-order valence-electron chi connectivity index (χ1n) is 10.4. The normalized spacial score (nSPS) is 19.1. The lowest BCUT2D eigenvalue weighted by Crippen LogP contribution is -2.42. The van der Waals surface area contributed by atoms with Gasteiger partial charge in [0.15, 0.2) is 18.2 Å². The van der Waals surface area contributed by atoms with Crippen molar-refractivity contribution in [3.05, 3.63) is 46.4 Å².